The predicted molar refractivity (Wildman–Crippen MR) is 133 cm³/mol. The lowest BCUT2D eigenvalue weighted by Crippen LogP contribution is -2.43. The second kappa shape index (κ2) is 20.4. The molecule has 222 valence electrons. The van der Waals surface area contributed by atoms with Gasteiger partial charge < -0.3 is 15.5 Å². The molecular weight excluding hydrogens is 502 g/mol. The van der Waals surface area contributed by atoms with Gasteiger partial charge in [0.1, 0.15) is 5.78 Å². The van der Waals surface area contributed by atoms with E-state index >= 15 is 0 Å². The van der Waals surface area contributed by atoms with Crippen LogP contribution >= 0.6 is 0 Å². The number of carbonyl (C=O) groups excluding carboxylic acids is 2. The average molecular weight is 550 g/mol. The summed E-state index contributed by atoms with van der Waals surface area (Å²) in [5, 5.41) is 56.8. The molecule has 4 atom stereocenters. The van der Waals surface area contributed by atoms with Crippen LogP contribution in [-0.4, -0.2) is 85.0 Å². The van der Waals surface area contributed by atoms with Crippen LogP contribution in [0.5, 0.6) is 0 Å². The Morgan fingerprint density at radius 1 is 0.868 bits per heavy atom. The number of unbranched alkanes of at least 4 members (excludes halogenated alkanes) is 5. The van der Waals surface area contributed by atoms with Crippen LogP contribution in [0.3, 0.4) is 0 Å². The lowest BCUT2D eigenvalue weighted by molar-refractivity contribution is -0.502. The highest BCUT2D eigenvalue weighted by Crippen LogP contribution is 2.38. The highest BCUT2D eigenvalue weighted by atomic mass is 17.1. The molecule has 13 nitrogen and oxygen atoms in total. The summed E-state index contributed by atoms with van der Waals surface area (Å²) in [6.45, 7) is 1.37. The van der Waals surface area contributed by atoms with Gasteiger partial charge in [-0.3, -0.25) is 30.4 Å². The average Bonchev–Trinajstić information content (AvgIpc) is 3.12. The van der Waals surface area contributed by atoms with E-state index in [0.29, 0.717) is 44.9 Å². The maximum Gasteiger partial charge on any atom is 0.220 e. The van der Waals surface area contributed by atoms with Gasteiger partial charge in [0.15, 0.2) is 0 Å². The molecule has 0 aromatic carbocycles. The van der Waals surface area contributed by atoms with Crippen LogP contribution < -0.4 is 5.32 Å². The molecule has 0 aliphatic heterocycles. The Morgan fingerprint density at radius 3 is 2.13 bits per heavy atom. The van der Waals surface area contributed by atoms with Crippen LogP contribution in [0.15, 0.2) is 12.2 Å². The molecule has 0 bridgehead atoms. The van der Waals surface area contributed by atoms with E-state index in [0.717, 1.165) is 19.3 Å². The number of rotatable bonds is 22. The lowest BCUT2D eigenvalue weighted by atomic mass is 9.86. The molecule has 0 aromatic heterocycles. The van der Waals surface area contributed by atoms with E-state index in [2.05, 4.69) is 21.9 Å². The van der Waals surface area contributed by atoms with Crippen molar-refractivity contribution in [1.29, 1.82) is 0 Å². The first-order valence-electron chi connectivity index (χ1n) is 13.6. The maximum absolute atomic E-state index is 12.3. The minimum absolute atomic E-state index is 0.113. The van der Waals surface area contributed by atoms with E-state index in [4.69, 9.17) is 20.8 Å². The van der Waals surface area contributed by atoms with E-state index in [9.17, 15) is 19.8 Å². The fourth-order valence-corrected chi connectivity index (χ4v) is 4.78. The lowest BCUT2D eigenvalue weighted by Gasteiger charge is -2.22. The predicted octanol–water partition coefficient (Wildman–Crippen LogP) is 2.68. The Bertz CT molecular complexity index is 668. The second-order valence-electron chi connectivity index (χ2n) is 9.90. The van der Waals surface area contributed by atoms with Gasteiger partial charge in [0.25, 0.3) is 0 Å². The third kappa shape index (κ3) is 15.8. The third-order valence-corrected chi connectivity index (χ3v) is 6.83. The molecular formula is C25H47N3O10. The number of Topliss-reactive ketones (excluding diaryl/α,β-unsaturated/α-hetero) is 1. The van der Waals surface area contributed by atoms with Crippen LogP contribution in [0.4, 0.5) is 0 Å². The molecule has 38 heavy (non-hydrogen) atoms. The van der Waals surface area contributed by atoms with Crippen LogP contribution in [-0.2, 0) is 19.3 Å². The summed E-state index contributed by atoms with van der Waals surface area (Å²) in [4.78, 5) is 33.3. The quantitative estimate of drug-likeness (QED) is 0.0594. The number of hydrogen-bond acceptors (Lipinski definition) is 12. The molecule has 0 spiro atoms. The number of aliphatic hydroxyl groups is 2. The molecule has 0 aromatic rings. The highest BCUT2D eigenvalue weighted by Gasteiger charge is 2.40. The summed E-state index contributed by atoms with van der Waals surface area (Å²) in [6.07, 6.45) is 11.9. The normalized spacial score (nSPS) is 21.8. The van der Waals surface area contributed by atoms with Crippen LogP contribution in [0.1, 0.15) is 90.4 Å². The molecule has 7 N–H and O–H groups in total. The topological polar surface area (TPSA) is 192 Å². The van der Waals surface area contributed by atoms with Crippen molar-refractivity contribution >= 4 is 11.7 Å². The zero-order chi connectivity index (χ0) is 28.3. The first kappa shape index (κ1) is 34.5. The van der Waals surface area contributed by atoms with Gasteiger partial charge in [-0.15, -0.1) is 0 Å². The summed E-state index contributed by atoms with van der Waals surface area (Å²) in [7, 11) is 0. The van der Waals surface area contributed by atoms with Crippen LogP contribution in [0.25, 0.3) is 0 Å². The third-order valence-electron chi connectivity index (χ3n) is 6.83. The van der Waals surface area contributed by atoms with Crippen molar-refractivity contribution in [2.45, 2.75) is 109 Å². The summed E-state index contributed by atoms with van der Waals surface area (Å²) in [5.74, 6) is -0.380. The first-order valence-corrected chi connectivity index (χ1v) is 13.6. The Labute approximate surface area is 224 Å². The van der Waals surface area contributed by atoms with Crippen molar-refractivity contribution in [3.8, 4) is 0 Å². The Balaban J connectivity index is 2.35. The molecule has 13 heteroatoms. The number of allylic oxidation sites excluding steroid dienone is 2. The number of aliphatic hydroxyl groups excluding tert-OH is 2. The van der Waals surface area contributed by atoms with Crippen molar-refractivity contribution in [3.05, 3.63) is 12.2 Å². The molecule has 1 saturated carbocycles. The van der Waals surface area contributed by atoms with Gasteiger partial charge in [-0.2, -0.15) is 0 Å². The standard InChI is InChI=1S/C25H47N3O10/c1-2-3-4-5-8-11-20(29)14-15-22-21(23(30)16-24(22)31)12-9-6-7-10-13-25(32)26-19(17-37-27(33)34)18-38-28(35)36/h6,9,19,21-24,30-31,33-36H,2-5,7-8,10-18H2,1H3,(H,26,32)/b9-6-/t21-,22-,23+,24-/m1/s1. The first-order chi connectivity index (χ1) is 18.1. The van der Waals surface area contributed by atoms with Crippen molar-refractivity contribution < 1.29 is 50.3 Å². The highest BCUT2D eigenvalue weighted by molar-refractivity contribution is 5.78. The monoisotopic (exact) mass is 549 g/mol. The number of amides is 1. The van der Waals surface area contributed by atoms with Crippen LogP contribution in [0.2, 0.25) is 0 Å². The fourth-order valence-electron chi connectivity index (χ4n) is 4.78. The van der Waals surface area contributed by atoms with Crippen molar-refractivity contribution in [2.24, 2.45) is 11.8 Å². The molecule has 1 aliphatic carbocycles. The fraction of sp³-hybridized carbons (Fsp3) is 0.840. The Hall–Kier alpha value is -1.52. The van der Waals surface area contributed by atoms with E-state index in [1.807, 2.05) is 12.2 Å². The second-order valence-corrected chi connectivity index (χ2v) is 9.90. The molecule has 0 saturated heterocycles. The van der Waals surface area contributed by atoms with Gasteiger partial charge in [0, 0.05) is 19.3 Å². The van der Waals surface area contributed by atoms with Gasteiger partial charge in [0.05, 0.1) is 42.2 Å². The van der Waals surface area contributed by atoms with Gasteiger partial charge in [-0.25, -0.2) is 9.68 Å². The van der Waals surface area contributed by atoms with Crippen molar-refractivity contribution in [2.75, 3.05) is 13.2 Å². The SMILES string of the molecule is CCCCCCCC(=O)CC[C@@H]1[C@@H](C/C=C\CCCC(=O)NC(CON(O)O)CON(O)O)[C@@H](O)C[C@H]1O. The minimum Gasteiger partial charge on any atom is -0.393 e. The molecule has 0 heterocycles. The maximum atomic E-state index is 12.3. The van der Waals surface area contributed by atoms with E-state index < -0.39 is 42.2 Å². The number of nitrogens with zero attached hydrogens (tertiary/aromatic N) is 2. The molecule has 1 amide bonds. The van der Waals surface area contributed by atoms with Gasteiger partial charge >= 0.3 is 0 Å². The Kier molecular flexibility index (Phi) is 18.5. The summed E-state index contributed by atoms with van der Waals surface area (Å²) in [5.41, 5.74) is 0. The van der Waals surface area contributed by atoms with Crippen molar-refractivity contribution in [1.82, 2.24) is 16.1 Å². The number of hydrogen-bond donors (Lipinski definition) is 7. The largest absolute Gasteiger partial charge is 0.393 e. The van der Waals surface area contributed by atoms with Crippen molar-refractivity contribution in [3.63, 3.8) is 0 Å². The van der Waals surface area contributed by atoms with E-state index in [-0.39, 0.29) is 29.9 Å². The van der Waals surface area contributed by atoms with Gasteiger partial charge in [-0.1, -0.05) is 44.8 Å². The number of ketones is 1. The smallest absolute Gasteiger partial charge is 0.220 e. The number of nitrogens with one attached hydrogen (secondary N) is 1. The van der Waals surface area contributed by atoms with Gasteiger partial charge in [0.2, 0.25) is 5.91 Å². The van der Waals surface area contributed by atoms with Crippen LogP contribution in [0, 0.1) is 11.8 Å². The number of carbonyl (C=O) groups is 2. The minimum atomic E-state index is -0.887. The molecule has 0 unspecified atom stereocenters. The molecule has 0 radical (unpaired) electrons. The zero-order valence-electron chi connectivity index (χ0n) is 22.4. The Morgan fingerprint density at radius 2 is 1.50 bits per heavy atom. The summed E-state index contributed by atoms with van der Waals surface area (Å²) < 4.78 is 0. The molecule has 1 aliphatic rings. The molecule has 1 rings (SSSR count). The van der Waals surface area contributed by atoms with E-state index in [1.165, 1.54) is 12.8 Å². The summed E-state index contributed by atoms with van der Waals surface area (Å²) >= 11 is 0. The van der Waals surface area contributed by atoms with Gasteiger partial charge in [-0.05, 0) is 50.4 Å². The molecule has 1 fully saturated rings. The zero-order valence-corrected chi connectivity index (χ0v) is 22.4. The summed E-state index contributed by atoms with van der Waals surface area (Å²) in [6, 6.07) is -0.887. The van der Waals surface area contributed by atoms with E-state index in [1.54, 1.807) is 0 Å².